The zero-order chi connectivity index (χ0) is 19.0. The topological polar surface area (TPSA) is 68.5 Å². The smallest absolute Gasteiger partial charge is 0.232 e. The quantitative estimate of drug-likeness (QED) is 0.702. The van der Waals surface area contributed by atoms with E-state index in [1.807, 2.05) is 12.1 Å². The second-order valence-corrected chi connectivity index (χ2v) is 6.19. The van der Waals surface area contributed by atoms with Gasteiger partial charge in [-0.2, -0.15) is 4.98 Å². The van der Waals surface area contributed by atoms with Crippen molar-refractivity contribution in [2.24, 2.45) is 0 Å². The SMILES string of the molecule is COc1cccc(-c2noc(C3CC(=O)N(c4ccc(F)cc4F)C3)n2)c1. The van der Waals surface area contributed by atoms with E-state index in [0.29, 0.717) is 17.5 Å². The Balaban J connectivity index is 1.57. The molecule has 0 spiro atoms. The highest BCUT2D eigenvalue weighted by Crippen LogP contribution is 2.33. The number of carbonyl (C=O) groups is 1. The van der Waals surface area contributed by atoms with Crippen LogP contribution < -0.4 is 9.64 Å². The summed E-state index contributed by atoms with van der Waals surface area (Å²) in [5.41, 5.74) is 0.756. The third-order valence-corrected chi connectivity index (χ3v) is 4.44. The maximum Gasteiger partial charge on any atom is 0.232 e. The van der Waals surface area contributed by atoms with Crippen LogP contribution in [0.5, 0.6) is 5.75 Å². The summed E-state index contributed by atoms with van der Waals surface area (Å²) in [5.74, 6) is -0.798. The molecular formula is C19H15F2N3O3. The van der Waals surface area contributed by atoms with Gasteiger partial charge in [-0.25, -0.2) is 8.78 Å². The van der Waals surface area contributed by atoms with E-state index in [9.17, 15) is 13.6 Å². The summed E-state index contributed by atoms with van der Waals surface area (Å²) in [6.45, 7) is 0.182. The van der Waals surface area contributed by atoms with Crippen LogP contribution in [-0.4, -0.2) is 29.7 Å². The minimum absolute atomic E-state index is 0.0384. The fraction of sp³-hybridized carbons (Fsp3) is 0.211. The Labute approximate surface area is 153 Å². The Morgan fingerprint density at radius 2 is 2.07 bits per heavy atom. The van der Waals surface area contributed by atoms with Crippen LogP contribution in [0.4, 0.5) is 14.5 Å². The van der Waals surface area contributed by atoms with Gasteiger partial charge in [0.1, 0.15) is 17.4 Å². The van der Waals surface area contributed by atoms with Gasteiger partial charge in [0.2, 0.25) is 17.6 Å². The van der Waals surface area contributed by atoms with E-state index in [1.54, 1.807) is 19.2 Å². The molecule has 2 aromatic carbocycles. The molecule has 1 aliphatic rings. The summed E-state index contributed by atoms with van der Waals surface area (Å²) in [6.07, 6.45) is 0.108. The van der Waals surface area contributed by atoms with E-state index in [-0.39, 0.29) is 30.5 Å². The van der Waals surface area contributed by atoms with Crippen LogP contribution in [0.15, 0.2) is 47.0 Å². The van der Waals surface area contributed by atoms with Crippen molar-refractivity contribution in [3.05, 3.63) is 60.0 Å². The average molecular weight is 371 g/mol. The first-order chi connectivity index (χ1) is 13.0. The predicted molar refractivity (Wildman–Crippen MR) is 92.4 cm³/mol. The molecule has 0 bridgehead atoms. The molecule has 3 aromatic rings. The molecule has 4 rings (SSSR count). The molecule has 1 amide bonds. The standard InChI is InChI=1S/C19H15F2N3O3/c1-26-14-4-2-3-11(7-14)18-22-19(27-23-18)12-8-17(25)24(10-12)16-6-5-13(20)9-15(16)21/h2-7,9,12H,8,10H2,1H3. The number of carbonyl (C=O) groups excluding carboxylic acids is 1. The predicted octanol–water partition coefficient (Wildman–Crippen LogP) is 3.54. The maximum atomic E-state index is 14.0. The van der Waals surface area contributed by atoms with Crippen molar-refractivity contribution in [2.75, 3.05) is 18.6 Å². The third-order valence-electron chi connectivity index (χ3n) is 4.44. The number of hydrogen-bond donors (Lipinski definition) is 0. The van der Waals surface area contributed by atoms with Crippen molar-refractivity contribution in [2.45, 2.75) is 12.3 Å². The Kier molecular flexibility index (Phi) is 4.31. The molecule has 27 heavy (non-hydrogen) atoms. The van der Waals surface area contributed by atoms with Crippen LogP contribution >= 0.6 is 0 Å². The number of benzene rings is 2. The fourth-order valence-electron chi connectivity index (χ4n) is 3.09. The van der Waals surface area contributed by atoms with E-state index in [2.05, 4.69) is 10.1 Å². The number of ether oxygens (including phenoxy) is 1. The molecule has 1 atom stereocenters. The first-order valence-corrected chi connectivity index (χ1v) is 8.28. The van der Waals surface area contributed by atoms with E-state index in [1.165, 1.54) is 11.0 Å². The monoisotopic (exact) mass is 371 g/mol. The lowest BCUT2D eigenvalue weighted by atomic mass is 10.1. The number of halogens is 2. The molecule has 0 N–H and O–H groups in total. The van der Waals surface area contributed by atoms with Gasteiger partial charge < -0.3 is 14.2 Å². The van der Waals surface area contributed by atoms with Gasteiger partial charge in [-0.1, -0.05) is 17.3 Å². The zero-order valence-corrected chi connectivity index (χ0v) is 14.4. The average Bonchev–Trinajstić information content (AvgIpc) is 3.29. The second-order valence-electron chi connectivity index (χ2n) is 6.19. The van der Waals surface area contributed by atoms with Crippen molar-refractivity contribution in [1.29, 1.82) is 0 Å². The highest BCUT2D eigenvalue weighted by Gasteiger charge is 2.36. The Morgan fingerprint density at radius 3 is 2.85 bits per heavy atom. The Bertz CT molecular complexity index is 1010. The molecule has 8 heteroatoms. The summed E-state index contributed by atoms with van der Waals surface area (Å²) in [6, 6.07) is 10.3. The number of amides is 1. The summed E-state index contributed by atoms with van der Waals surface area (Å²) < 4.78 is 37.6. The lowest BCUT2D eigenvalue weighted by Crippen LogP contribution is -2.25. The van der Waals surface area contributed by atoms with Gasteiger partial charge in [0, 0.05) is 24.6 Å². The van der Waals surface area contributed by atoms with Gasteiger partial charge >= 0.3 is 0 Å². The normalized spacial score (nSPS) is 16.8. The maximum absolute atomic E-state index is 14.0. The fourth-order valence-corrected chi connectivity index (χ4v) is 3.09. The van der Waals surface area contributed by atoms with Crippen molar-refractivity contribution in [1.82, 2.24) is 10.1 Å². The lowest BCUT2D eigenvalue weighted by molar-refractivity contribution is -0.117. The van der Waals surface area contributed by atoms with Gasteiger partial charge in [-0.3, -0.25) is 4.79 Å². The first-order valence-electron chi connectivity index (χ1n) is 8.28. The summed E-state index contributed by atoms with van der Waals surface area (Å²) >= 11 is 0. The third kappa shape index (κ3) is 3.25. The molecule has 6 nitrogen and oxygen atoms in total. The molecule has 1 fully saturated rings. The minimum Gasteiger partial charge on any atom is -0.497 e. The molecule has 1 aromatic heterocycles. The van der Waals surface area contributed by atoms with Gasteiger partial charge in [0.25, 0.3) is 0 Å². The van der Waals surface area contributed by atoms with Crippen LogP contribution in [0.2, 0.25) is 0 Å². The highest BCUT2D eigenvalue weighted by atomic mass is 19.1. The van der Waals surface area contributed by atoms with Gasteiger partial charge in [0.05, 0.1) is 18.7 Å². The van der Waals surface area contributed by atoms with Crippen molar-refractivity contribution in [3.8, 4) is 17.1 Å². The number of hydrogen-bond acceptors (Lipinski definition) is 5. The second kappa shape index (κ2) is 6.79. The number of nitrogens with zero attached hydrogens (tertiary/aromatic N) is 3. The molecule has 0 aliphatic carbocycles. The van der Waals surface area contributed by atoms with Crippen molar-refractivity contribution in [3.63, 3.8) is 0 Å². The van der Waals surface area contributed by atoms with E-state index in [4.69, 9.17) is 9.26 Å². The van der Waals surface area contributed by atoms with Crippen LogP contribution in [0, 0.1) is 11.6 Å². The number of aromatic nitrogens is 2. The van der Waals surface area contributed by atoms with Gasteiger partial charge in [-0.05, 0) is 24.3 Å². The van der Waals surface area contributed by atoms with Crippen LogP contribution in [0.1, 0.15) is 18.2 Å². The summed E-state index contributed by atoms with van der Waals surface area (Å²) in [7, 11) is 1.56. The largest absolute Gasteiger partial charge is 0.497 e. The molecule has 1 aliphatic heterocycles. The lowest BCUT2D eigenvalue weighted by Gasteiger charge is -2.16. The van der Waals surface area contributed by atoms with E-state index < -0.39 is 11.6 Å². The highest BCUT2D eigenvalue weighted by molar-refractivity contribution is 5.96. The molecule has 1 saturated heterocycles. The van der Waals surface area contributed by atoms with Gasteiger partial charge in [-0.15, -0.1) is 0 Å². The van der Waals surface area contributed by atoms with Gasteiger partial charge in [0.15, 0.2) is 0 Å². The van der Waals surface area contributed by atoms with Crippen LogP contribution in [-0.2, 0) is 4.79 Å². The number of rotatable bonds is 4. The zero-order valence-electron chi connectivity index (χ0n) is 14.4. The van der Waals surface area contributed by atoms with Crippen LogP contribution in [0.3, 0.4) is 0 Å². The number of anilines is 1. The molecule has 2 heterocycles. The van der Waals surface area contributed by atoms with Crippen molar-refractivity contribution < 1.29 is 22.8 Å². The van der Waals surface area contributed by atoms with E-state index >= 15 is 0 Å². The molecular weight excluding hydrogens is 356 g/mol. The van der Waals surface area contributed by atoms with Crippen LogP contribution in [0.25, 0.3) is 11.4 Å². The summed E-state index contributed by atoms with van der Waals surface area (Å²) in [5, 5.41) is 3.96. The molecule has 0 saturated carbocycles. The molecule has 1 unspecified atom stereocenters. The Morgan fingerprint density at radius 1 is 1.22 bits per heavy atom. The minimum atomic E-state index is -0.786. The molecule has 138 valence electrons. The number of methoxy groups -OCH3 is 1. The Hall–Kier alpha value is -3.29. The summed E-state index contributed by atoms with van der Waals surface area (Å²) in [4.78, 5) is 18.0. The van der Waals surface area contributed by atoms with Crippen molar-refractivity contribution >= 4 is 11.6 Å². The van der Waals surface area contributed by atoms with E-state index in [0.717, 1.165) is 17.7 Å². The first kappa shape index (κ1) is 17.1. The molecule has 0 radical (unpaired) electrons.